The van der Waals surface area contributed by atoms with E-state index >= 15 is 0 Å². The monoisotopic (exact) mass is 667 g/mol. The molecule has 1 aromatic heterocycles. The Hall–Kier alpha value is -5.87. The van der Waals surface area contributed by atoms with E-state index in [1.165, 1.54) is 0 Å². The molecule has 2 amide bonds. The van der Waals surface area contributed by atoms with E-state index in [9.17, 15) is 29.1 Å². The molecular weight excluding hydrogens is 634 g/mol. The van der Waals surface area contributed by atoms with E-state index in [1.807, 2.05) is 31.2 Å². The summed E-state index contributed by atoms with van der Waals surface area (Å²) in [5.74, 6) is -4.52. The Bertz CT molecular complexity index is 2240. The van der Waals surface area contributed by atoms with Crippen LogP contribution < -0.4 is 10.1 Å². The zero-order valence-electron chi connectivity index (χ0n) is 27.1. The Labute approximate surface area is 287 Å². The van der Waals surface area contributed by atoms with Crippen LogP contribution in [0.2, 0.25) is 0 Å². The molecule has 3 heterocycles. The van der Waals surface area contributed by atoms with E-state index in [2.05, 4.69) is 10.3 Å². The SMILES string of the molecule is CCCOc1ccc(C2NC(Cc3c[nH]c4ccccc34)(C(=O)O)C3C(=O)N(Cc4ccc5c(c4)C(=O)c4ccccc4C5=O)C(=O)C23)cc1. The number of rotatable bonds is 9. The van der Waals surface area contributed by atoms with Gasteiger partial charge < -0.3 is 14.8 Å². The maximum Gasteiger partial charge on any atom is 0.325 e. The van der Waals surface area contributed by atoms with Gasteiger partial charge in [-0.25, -0.2) is 0 Å². The number of carbonyl (C=O) groups excluding carboxylic acids is 4. The summed E-state index contributed by atoms with van der Waals surface area (Å²) in [4.78, 5) is 73.3. The number of fused-ring (bicyclic) bond motifs is 4. The summed E-state index contributed by atoms with van der Waals surface area (Å²) in [6.45, 7) is 2.36. The molecule has 8 rings (SSSR count). The van der Waals surface area contributed by atoms with Gasteiger partial charge in [-0.05, 0) is 53.4 Å². The molecule has 0 bridgehead atoms. The Balaban J connectivity index is 1.18. The molecule has 250 valence electrons. The van der Waals surface area contributed by atoms with Crippen LogP contribution in [0.25, 0.3) is 10.9 Å². The maximum atomic E-state index is 14.5. The minimum absolute atomic E-state index is 0.0521. The lowest BCUT2D eigenvalue weighted by Gasteiger charge is -2.31. The Morgan fingerprint density at radius 2 is 1.52 bits per heavy atom. The highest BCUT2D eigenvalue weighted by atomic mass is 16.5. The van der Waals surface area contributed by atoms with Crippen molar-refractivity contribution in [3.05, 3.63) is 136 Å². The Kier molecular flexibility index (Phi) is 7.49. The molecule has 4 unspecified atom stereocenters. The zero-order chi connectivity index (χ0) is 34.7. The molecule has 0 spiro atoms. The predicted molar refractivity (Wildman–Crippen MR) is 183 cm³/mol. The minimum Gasteiger partial charge on any atom is -0.494 e. The zero-order valence-corrected chi connectivity index (χ0v) is 27.1. The third-order valence-electron chi connectivity index (χ3n) is 10.3. The number of para-hydroxylation sites is 1. The minimum atomic E-state index is -1.82. The highest BCUT2D eigenvalue weighted by Gasteiger charge is 2.68. The highest BCUT2D eigenvalue weighted by Crippen LogP contribution is 2.51. The van der Waals surface area contributed by atoms with E-state index in [4.69, 9.17) is 4.74 Å². The number of nitrogens with zero attached hydrogens (tertiary/aromatic N) is 1. The van der Waals surface area contributed by atoms with Crippen molar-refractivity contribution in [2.24, 2.45) is 11.8 Å². The van der Waals surface area contributed by atoms with Gasteiger partial charge in [0.2, 0.25) is 11.8 Å². The van der Waals surface area contributed by atoms with Crippen molar-refractivity contribution in [2.45, 2.75) is 37.9 Å². The molecule has 5 aromatic rings. The first-order valence-electron chi connectivity index (χ1n) is 16.7. The predicted octanol–water partition coefficient (Wildman–Crippen LogP) is 5.24. The maximum absolute atomic E-state index is 14.5. The number of aromatic nitrogens is 1. The topological polar surface area (TPSA) is 146 Å². The lowest BCUT2D eigenvalue weighted by atomic mass is 9.76. The van der Waals surface area contributed by atoms with Gasteiger partial charge in [0, 0.05) is 51.8 Å². The number of nitrogens with one attached hydrogen (secondary N) is 2. The summed E-state index contributed by atoms with van der Waals surface area (Å²) in [5.41, 5.74) is 1.94. The first-order chi connectivity index (χ1) is 24.2. The van der Waals surface area contributed by atoms with Gasteiger partial charge in [0.15, 0.2) is 11.6 Å². The number of H-pyrrole nitrogens is 1. The second-order valence-corrected chi connectivity index (χ2v) is 13.2. The average molecular weight is 668 g/mol. The van der Waals surface area contributed by atoms with Gasteiger partial charge in [-0.1, -0.05) is 67.6 Å². The molecular formula is C40H33N3O7. The van der Waals surface area contributed by atoms with Crippen LogP contribution in [-0.2, 0) is 27.3 Å². The van der Waals surface area contributed by atoms with Crippen molar-refractivity contribution in [3.63, 3.8) is 0 Å². The molecule has 10 heteroatoms. The Morgan fingerprint density at radius 3 is 2.24 bits per heavy atom. The van der Waals surface area contributed by atoms with Gasteiger partial charge in [0.05, 0.1) is 25.0 Å². The van der Waals surface area contributed by atoms with Crippen LogP contribution in [0.1, 0.15) is 67.9 Å². The van der Waals surface area contributed by atoms with Crippen molar-refractivity contribution in [2.75, 3.05) is 6.61 Å². The van der Waals surface area contributed by atoms with E-state index in [0.29, 0.717) is 40.2 Å². The third kappa shape index (κ3) is 4.78. The number of aliphatic carboxylic acids is 1. The molecule has 3 aliphatic rings. The van der Waals surface area contributed by atoms with Crippen LogP contribution in [0.3, 0.4) is 0 Å². The lowest BCUT2D eigenvalue weighted by molar-refractivity contribution is -0.151. The number of imide groups is 1. The van der Waals surface area contributed by atoms with E-state index in [1.54, 1.807) is 72.9 Å². The molecule has 10 nitrogen and oxygen atoms in total. The quantitative estimate of drug-likeness (QED) is 0.178. The van der Waals surface area contributed by atoms with Gasteiger partial charge in [-0.15, -0.1) is 0 Å². The highest BCUT2D eigenvalue weighted by molar-refractivity contribution is 6.28. The number of benzene rings is 4. The smallest absolute Gasteiger partial charge is 0.325 e. The van der Waals surface area contributed by atoms with Crippen molar-refractivity contribution in [1.29, 1.82) is 0 Å². The van der Waals surface area contributed by atoms with Gasteiger partial charge in [-0.3, -0.25) is 34.2 Å². The number of hydrogen-bond donors (Lipinski definition) is 3. The summed E-state index contributed by atoms with van der Waals surface area (Å²) in [5, 5.41) is 15.1. The summed E-state index contributed by atoms with van der Waals surface area (Å²) >= 11 is 0. The first kappa shape index (κ1) is 31.4. The number of likely N-dealkylation sites (tertiary alicyclic amines) is 1. The standard InChI is InChI=1S/C40H33N3O7/c1-2-17-50-25-14-12-23(13-15-25)34-32-33(40(42-34,39(48)49)19-24-20-41-31-10-6-5-7-26(24)31)38(47)43(37(32)46)21-22-11-16-29-30(18-22)36(45)28-9-4-3-8-27(28)35(29)44/h3-16,18,20,32-34,41-42H,2,17,19,21H2,1H3,(H,48,49). The molecule has 2 aliphatic heterocycles. The molecule has 0 radical (unpaired) electrons. The number of ketones is 2. The molecule has 0 saturated carbocycles. The fourth-order valence-corrected chi connectivity index (χ4v) is 7.94. The molecule has 4 aromatic carbocycles. The van der Waals surface area contributed by atoms with Crippen LogP contribution in [0.4, 0.5) is 0 Å². The van der Waals surface area contributed by atoms with Crippen LogP contribution in [0.5, 0.6) is 5.75 Å². The van der Waals surface area contributed by atoms with Gasteiger partial charge in [-0.2, -0.15) is 0 Å². The molecule has 1 aliphatic carbocycles. The number of amides is 2. The Morgan fingerprint density at radius 1 is 0.840 bits per heavy atom. The van der Waals surface area contributed by atoms with Crippen molar-refractivity contribution < 1.29 is 33.8 Å². The van der Waals surface area contributed by atoms with E-state index in [0.717, 1.165) is 22.2 Å². The summed E-state index contributed by atoms with van der Waals surface area (Å²) in [7, 11) is 0. The van der Waals surface area contributed by atoms with E-state index < -0.39 is 41.2 Å². The van der Waals surface area contributed by atoms with E-state index in [-0.39, 0.29) is 35.7 Å². The molecule has 4 atom stereocenters. The average Bonchev–Trinajstić information content (AvgIpc) is 3.78. The van der Waals surface area contributed by atoms with Crippen molar-refractivity contribution >= 4 is 40.3 Å². The number of ether oxygens (including phenoxy) is 1. The number of hydrogen-bond acceptors (Lipinski definition) is 7. The fourth-order valence-electron chi connectivity index (χ4n) is 7.94. The van der Waals surface area contributed by atoms with Crippen molar-refractivity contribution in [1.82, 2.24) is 15.2 Å². The van der Waals surface area contributed by atoms with Gasteiger partial charge in [0.1, 0.15) is 11.3 Å². The molecule has 2 fully saturated rings. The summed E-state index contributed by atoms with van der Waals surface area (Å²) in [6.07, 6.45) is 2.53. The molecule has 2 saturated heterocycles. The molecule has 50 heavy (non-hydrogen) atoms. The first-order valence-corrected chi connectivity index (χ1v) is 16.7. The summed E-state index contributed by atoms with van der Waals surface area (Å²) < 4.78 is 5.75. The largest absolute Gasteiger partial charge is 0.494 e. The van der Waals surface area contributed by atoms with Gasteiger partial charge >= 0.3 is 5.97 Å². The number of carbonyl (C=O) groups is 5. The second-order valence-electron chi connectivity index (χ2n) is 13.2. The number of carboxylic acid groups (broad SMARTS) is 1. The summed E-state index contributed by atoms with van der Waals surface area (Å²) in [6, 6.07) is 25.3. The van der Waals surface area contributed by atoms with Gasteiger partial charge in [0.25, 0.3) is 0 Å². The van der Waals surface area contributed by atoms with Crippen LogP contribution in [0.15, 0.2) is 97.2 Å². The van der Waals surface area contributed by atoms with Crippen LogP contribution in [-0.4, -0.2) is 56.5 Å². The lowest BCUT2D eigenvalue weighted by Crippen LogP contribution is -2.57. The van der Waals surface area contributed by atoms with Crippen molar-refractivity contribution in [3.8, 4) is 5.75 Å². The number of aromatic amines is 1. The fraction of sp³-hybridized carbons (Fsp3) is 0.225. The second kappa shape index (κ2) is 11.9. The van der Waals surface area contributed by atoms with Crippen LogP contribution >= 0.6 is 0 Å². The number of carboxylic acids is 1. The van der Waals surface area contributed by atoms with Crippen LogP contribution in [0, 0.1) is 11.8 Å². The molecule has 3 N–H and O–H groups in total. The normalized spacial score (nSPS) is 22.5. The third-order valence-corrected chi connectivity index (χ3v) is 10.3.